The van der Waals surface area contributed by atoms with E-state index in [0.717, 1.165) is 25.7 Å². The van der Waals surface area contributed by atoms with E-state index in [9.17, 15) is 9.59 Å². The standard InChI is InChI=1S/C20H26N2O5/c23-19(13-7-3-1-4-8-13)22-15-11-25-18-16(12-26-17(15)18)27-20(24)21-14-9-5-2-6-10-14/h1,3-4,7-8,14-18H,2,5-6,9-12H2,(H,21,24)(H,22,23). The van der Waals surface area contributed by atoms with Gasteiger partial charge in [0, 0.05) is 11.6 Å². The van der Waals surface area contributed by atoms with Gasteiger partial charge in [-0.3, -0.25) is 4.79 Å². The van der Waals surface area contributed by atoms with E-state index in [4.69, 9.17) is 14.2 Å². The fraction of sp³-hybridized carbons (Fsp3) is 0.600. The highest BCUT2D eigenvalue weighted by Gasteiger charge is 2.50. The fourth-order valence-electron chi connectivity index (χ4n) is 4.12. The lowest BCUT2D eigenvalue weighted by molar-refractivity contribution is 0.00261. The molecule has 3 fully saturated rings. The third-order valence-corrected chi connectivity index (χ3v) is 5.55. The van der Waals surface area contributed by atoms with Gasteiger partial charge in [0.2, 0.25) is 0 Å². The van der Waals surface area contributed by atoms with Gasteiger partial charge in [0.25, 0.3) is 5.91 Å². The number of benzene rings is 1. The summed E-state index contributed by atoms with van der Waals surface area (Å²) in [5, 5.41) is 5.91. The lowest BCUT2D eigenvalue weighted by Gasteiger charge is -2.24. The van der Waals surface area contributed by atoms with Gasteiger partial charge in [-0.05, 0) is 25.0 Å². The summed E-state index contributed by atoms with van der Waals surface area (Å²) in [6.07, 6.45) is 4.04. The maximum atomic E-state index is 12.4. The van der Waals surface area contributed by atoms with Crippen LogP contribution in [0.3, 0.4) is 0 Å². The zero-order chi connectivity index (χ0) is 18.6. The van der Waals surface area contributed by atoms with E-state index < -0.39 is 12.2 Å². The second kappa shape index (κ2) is 8.27. The van der Waals surface area contributed by atoms with Crippen LogP contribution in [0.15, 0.2) is 30.3 Å². The van der Waals surface area contributed by atoms with E-state index in [1.54, 1.807) is 12.1 Å². The van der Waals surface area contributed by atoms with Gasteiger partial charge < -0.3 is 24.8 Å². The van der Waals surface area contributed by atoms with Crippen molar-refractivity contribution in [2.24, 2.45) is 0 Å². The predicted octanol–water partition coefficient (Wildman–Crippen LogP) is 2.01. The highest BCUT2D eigenvalue weighted by molar-refractivity contribution is 5.94. The van der Waals surface area contributed by atoms with Gasteiger partial charge in [0.05, 0.1) is 19.3 Å². The number of hydrogen-bond donors (Lipinski definition) is 2. The van der Waals surface area contributed by atoms with Crippen LogP contribution in [0.25, 0.3) is 0 Å². The van der Waals surface area contributed by atoms with E-state index in [-0.39, 0.29) is 36.8 Å². The van der Waals surface area contributed by atoms with E-state index in [1.165, 1.54) is 6.42 Å². The Morgan fingerprint density at radius 1 is 0.926 bits per heavy atom. The van der Waals surface area contributed by atoms with Crippen molar-refractivity contribution in [2.75, 3.05) is 13.2 Å². The van der Waals surface area contributed by atoms with Gasteiger partial charge in [-0.1, -0.05) is 37.5 Å². The lowest BCUT2D eigenvalue weighted by atomic mass is 9.96. The number of fused-ring (bicyclic) bond motifs is 1. The van der Waals surface area contributed by atoms with Crippen LogP contribution >= 0.6 is 0 Å². The zero-order valence-electron chi connectivity index (χ0n) is 15.3. The first-order valence-corrected chi connectivity index (χ1v) is 9.77. The number of carbonyl (C=O) groups excluding carboxylic acids is 2. The van der Waals surface area contributed by atoms with E-state index in [1.807, 2.05) is 18.2 Å². The third-order valence-electron chi connectivity index (χ3n) is 5.55. The Balaban J connectivity index is 1.28. The summed E-state index contributed by atoms with van der Waals surface area (Å²) in [5.41, 5.74) is 0.596. The molecule has 2 aliphatic heterocycles. The minimum Gasteiger partial charge on any atom is -0.441 e. The first kappa shape index (κ1) is 18.3. The Hall–Kier alpha value is -2.12. The molecule has 1 aromatic carbocycles. The van der Waals surface area contributed by atoms with E-state index >= 15 is 0 Å². The molecule has 2 saturated heterocycles. The molecule has 1 saturated carbocycles. The van der Waals surface area contributed by atoms with Crippen LogP contribution < -0.4 is 10.6 Å². The smallest absolute Gasteiger partial charge is 0.407 e. The molecular weight excluding hydrogens is 348 g/mol. The normalized spacial score (nSPS) is 30.5. The van der Waals surface area contributed by atoms with E-state index in [2.05, 4.69) is 10.6 Å². The molecule has 4 atom stereocenters. The maximum absolute atomic E-state index is 12.4. The Morgan fingerprint density at radius 2 is 1.67 bits per heavy atom. The maximum Gasteiger partial charge on any atom is 0.407 e. The number of ether oxygens (including phenoxy) is 3. The molecule has 1 aliphatic carbocycles. The first-order valence-electron chi connectivity index (χ1n) is 9.77. The van der Waals surface area contributed by atoms with Gasteiger partial charge >= 0.3 is 6.09 Å². The summed E-state index contributed by atoms with van der Waals surface area (Å²) >= 11 is 0. The molecule has 3 aliphatic rings. The van der Waals surface area contributed by atoms with Gasteiger partial charge in [0.15, 0.2) is 6.10 Å². The van der Waals surface area contributed by atoms with Crippen molar-refractivity contribution in [3.05, 3.63) is 35.9 Å². The van der Waals surface area contributed by atoms with Crippen LogP contribution in [-0.2, 0) is 14.2 Å². The molecule has 0 bridgehead atoms. The predicted molar refractivity (Wildman–Crippen MR) is 97.5 cm³/mol. The minimum atomic E-state index is -0.447. The quantitative estimate of drug-likeness (QED) is 0.842. The fourth-order valence-corrected chi connectivity index (χ4v) is 4.12. The molecule has 27 heavy (non-hydrogen) atoms. The van der Waals surface area contributed by atoms with Crippen molar-refractivity contribution >= 4 is 12.0 Å². The second-order valence-corrected chi connectivity index (χ2v) is 7.46. The van der Waals surface area contributed by atoms with Crippen molar-refractivity contribution in [3.63, 3.8) is 0 Å². The summed E-state index contributed by atoms with van der Waals surface area (Å²) in [5.74, 6) is -0.159. The van der Waals surface area contributed by atoms with Gasteiger partial charge in [-0.2, -0.15) is 0 Å². The molecule has 4 unspecified atom stereocenters. The monoisotopic (exact) mass is 374 g/mol. The molecule has 2 heterocycles. The highest BCUT2D eigenvalue weighted by atomic mass is 16.6. The molecule has 0 spiro atoms. The highest BCUT2D eigenvalue weighted by Crippen LogP contribution is 2.29. The van der Waals surface area contributed by atoms with Crippen molar-refractivity contribution in [1.29, 1.82) is 0 Å². The van der Waals surface area contributed by atoms with Crippen LogP contribution in [-0.4, -0.2) is 55.6 Å². The topological polar surface area (TPSA) is 85.9 Å². The SMILES string of the molecule is O=C(NC1CCCCC1)OC1COC2C(NC(=O)c3ccccc3)COC12. The number of carbonyl (C=O) groups is 2. The molecule has 4 rings (SSSR count). The molecule has 7 nitrogen and oxygen atoms in total. The van der Waals surface area contributed by atoms with Crippen LogP contribution in [0.1, 0.15) is 42.5 Å². The van der Waals surface area contributed by atoms with Gasteiger partial charge in [-0.25, -0.2) is 4.79 Å². The Labute approximate surface area is 158 Å². The number of alkyl carbamates (subject to hydrolysis) is 1. The van der Waals surface area contributed by atoms with Crippen molar-refractivity contribution < 1.29 is 23.8 Å². The van der Waals surface area contributed by atoms with Crippen LogP contribution in [0, 0.1) is 0 Å². The average Bonchev–Trinajstić information content (AvgIpc) is 3.27. The van der Waals surface area contributed by atoms with Crippen LogP contribution in [0.4, 0.5) is 4.79 Å². The largest absolute Gasteiger partial charge is 0.441 e. The third kappa shape index (κ3) is 4.25. The number of nitrogens with one attached hydrogen (secondary N) is 2. The Morgan fingerprint density at radius 3 is 2.44 bits per heavy atom. The Kier molecular flexibility index (Phi) is 5.59. The Bertz CT molecular complexity index is 662. The summed E-state index contributed by atoms with van der Waals surface area (Å²) in [4.78, 5) is 24.5. The average molecular weight is 374 g/mol. The number of amides is 2. The van der Waals surface area contributed by atoms with Crippen LogP contribution in [0.5, 0.6) is 0 Å². The summed E-state index contributed by atoms with van der Waals surface area (Å²) in [6.45, 7) is 0.628. The second-order valence-electron chi connectivity index (χ2n) is 7.46. The zero-order valence-corrected chi connectivity index (χ0v) is 15.3. The van der Waals surface area contributed by atoms with Crippen LogP contribution in [0.2, 0.25) is 0 Å². The van der Waals surface area contributed by atoms with Crippen molar-refractivity contribution in [2.45, 2.75) is 62.5 Å². The van der Waals surface area contributed by atoms with E-state index in [0.29, 0.717) is 12.2 Å². The molecule has 1 aromatic rings. The number of hydrogen-bond acceptors (Lipinski definition) is 5. The van der Waals surface area contributed by atoms with Crippen molar-refractivity contribution in [3.8, 4) is 0 Å². The molecular formula is C20H26N2O5. The van der Waals surface area contributed by atoms with Gasteiger partial charge in [-0.15, -0.1) is 0 Å². The minimum absolute atomic E-state index is 0.159. The molecule has 146 valence electrons. The lowest BCUT2D eigenvalue weighted by Crippen LogP contribution is -2.45. The molecule has 7 heteroatoms. The number of rotatable bonds is 4. The first-order chi connectivity index (χ1) is 13.2. The van der Waals surface area contributed by atoms with Gasteiger partial charge in [0.1, 0.15) is 12.2 Å². The summed E-state index contributed by atoms with van der Waals surface area (Å²) in [6, 6.07) is 8.99. The summed E-state index contributed by atoms with van der Waals surface area (Å²) < 4.78 is 17.1. The summed E-state index contributed by atoms with van der Waals surface area (Å²) in [7, 11) is 0. The molecule has 2 N–H and O–H groups in total. The molecule has 2 amide bonds. The molecule has 0 aromatic heterocycles. The van der Waals surface area contributed by atoms with Crippen molar-refractivity contribution in [1.82, 2.24) is 10.6 Å². The molecule has 0 radical (unpaired) electrons.